The molecule has 3 aliphatic heterocycles. The minimum absolute atomic E-state index is 0.122. The third-order valence-corrected chi connectivity index (χ3v) is 15.1. The minimum Gasteiger partial charge on any atom is -0.312 e. The molecular weight excluding hydrogens is 571 g/mol. The molecule has 214 valence electrons. The highest BCUT2D eigenvalue weighted by Gasteiger charge is 2.53. The molecule has 0 radical (unpaired) electrons. The average molecular weight is 601 g/mol. The molecule has 0 bridgehead atoms. The first kappa shape index (κ1) is 25.7. The van der Waals surface area contributed by atoms with Gasteiger partial charge in [-0.2, -0.15) is 0 Å². The van der Waals surface area contributed by atoms with Gasteiger partial charge in [-0.3, -0.25) is 0 Å². The van der Waals surface area contributed by atoms with Crippen molar-refractivity contribution in [1.82, 2.24) is 0 Å². The van der Waals surface area contributed by atoms with Crippen LogP contribution in [0.25, 0.3) is 0 Å². The molecule has 3 aliphatic rings. The lowest BCUT2D eigenvalue weighted by Gasteiger charge is -2.50. The van der Waals surface area contributed by atoms with Crippen LogP contribution in [0.3, 0.4) is 0 Å². The zero-order chi connectivity index (χ0) is 30.2. The van der Waals surface area contributed by atoms with Gasteiger partial charge in [0.05, 0.1) is 0 Å². The Hall–Kier alpha value is -5.58. The normalized spacial score (nSPS) is 14.6. The Balaban J connectivity index is 1.36. The van der Waals surface area contributed by atoms with Crippen LogP contribution in [0.4, 0.5) is 34.1 Å². The first-order valence-electron chi connectivity index (χ1n) is 16.1. The van der Waals surface area contributed by atoms with E-state index in [0.29, 0.717) is 0 Å². The molecule has 0 aromatic heterocycles. The molecule has 2 nitrogen and oxygen atoms in total. The largest absolute Gasteiger partial charge is 0.312 e. The van der Waals surface area contributed by atoms with Gasteiger partial charge in [0.25, 0.3) is 6.71 Å². The van der Waals surface area contributed by atoms with E-state index >= 15 is 0 Å². The quantitative estimate of drug-likeness (QED) is 0.249. The number of hydrogen-bond donors (Lipinski definition) is 0. The van der Waals surface area contributed by atoms with E-state index in [2.05, 4.69) is 186 Å². The second-order valence-electron chi connectivity index (χ2n) is 12.5. The molecule has 0 aliphatic carbocycles. The second-order valence-corrected chi connectivity index (χ2v) is 16.2. The maximum atomic E-state index is 2.60. The van der Waals surface area contributed by atoms with E-state index in [1.165, 1.54) is 71.3 Å². The second kappa shape index (κ2) is 9.71. The van der Waals surface area contributed by atoms with Crippen molar-refractivity contribution in [2.75, 3.05) is 9.80 Å². The van der Waals surface area contributed by atoms with E-state index in [1.54, 1.807) is 0 Å². The number of para-hydroxylation sites is 4. The van der Waals surface area contributed by atoms with Crippen LogP contribution in [0.5, 0.6) is 0 Å². The predicted molar refractivity (Wildman–Crippen MR) is 198 cm³/mol. The van der Waals surface area contributed by atoms with Gasteiger partial charge in [-0.25, -0.2) is 0 Å². The molecule has 0 saturated carbocycles. The van der Waals surface area contributed by atoms with Gasteiger partial charge in [0.15, 0.2) is 8.07 Å². The van der Waals surface area contributed by atoms with Gasteiger partial charge in [-0.05, 0) is 73.5 Å². The van der Waals surface area contributed by atoms with Gasteiger partial charge in [-0.1, -0.05) is 140 Å². The first-order chi connectivity index (χ1) is 22.9. The predicted octanol–water partition coefficient (Wildman–Crippen LogP) is 5.46. The summed E-state index contributed by atoms with van der Waals surface area (Å²) < 4.78 is 0. The van der Waals surface area contributed by atoms with Crippen LogP contribution < -0.4 is 46.9 Å². The van der Waals surface area contributed by atoms with E-state index in [-0.39, 0.29) is 6.71 Å². The Bertz CT molecular complexity index is 2250. The summed E-state index contributed by atoms with van der Waals surface area (Å²) in [5, 5.41) is 5.73. The summed E-state index contributed by atoms with van der Waals surface area (Å²) in [6.07, 6.45) is 0. The van der Waals surface area contributed by atoms with Crippen LogP contribution >= 0.6 is 0 Å². The number of rotatable bonds is 3. The lowest BCUT2D eigenvalue weighted by atomic mass is 9.33. The Morgan fingerprint density at radius 2 is 0.870 bits per heavy atom. The van der Waals surface area contributed by atoms with Crippen molar-refractivity contribution in [1.29, 1.82) is 0 Å². The van der Waals surface area contributed by atoms with E-state index in [9.17, 15) is 0 Å². The third-order valence-electron chi connectivity index (χ3n) is 10.3. The Kier molecular flexibility index (Phi) is 5.43. The summed E-state index contributed by atoms with van der Waals surface area (Å²) in [6.45, 7) is 0.122. The number of hydrogen-bond acceptors (Lipinski definition) is 2. The molecule has 0 spiro atoms. The Morgan fingerprint density at radius 1 is 0.370 bits per heavy atom. The van der Waals surface area contributed by atoms with Gasteiger partial charge in [0, 0.05) is 34.1 Å². The van der Waals surface area contributed by atoms with Gasteiger partial charge < -0.3 is 9.80 Å². The SMILES string of the molecule is c1ccc(N2c3ccccc3B3c4cccc5c4N(c4ccccc4[Si]5(c4ccccc4)c4ccccc4)c4cccc2c43)cc1. The minimum atomic E-state index is -2.70. The van der Waals surface area contributed by atoms with Crippen molar-refractivity contribution in [3.8, 4) is 0 Å². The van der Waals surface area contributed by atoms with Crippen molar-refractivity contribution in [2.24, 2.45) is 0 Å². The van der Waals surface area contributed by atoms with Crippen molar-refractivity contribution in [2.45, 2.75) is 0 Å². The first-order valence-corrected chi connectivity index (χ1v) is 18.1. The van der Waals surface area contributed by atoms with Gasteiger partial charge in [-0.15, -0.1) is 0 Å². The lowest BCUT2D eigenvalue weighted by molar-refractivity contribution is 1.26. The summed E-state index contributed by atoms with van der Waals surface area (Å²) in [5.74, 6) is 0. The van der Waals surface area contributed by atoms with Crippen molar-refractivity contribution >= 4 is 86.0 Å². The Morgan fingerprint density at radius 3 is 1.59 bits per heavy atom. The molecular formula is C42H29BN2Si. The fraction of sp³-hybridized carbons (Fsp3) is 0. The fourth-order valence-corrected chi connectivity index (χ4v) is 13.8. The maximum absolute atomic E-state index is 2.70. The zero-order valence-corrected chi connectivity index (χ0v) is 26.2. The monoisotopic (exact) mass is 600 g/mol. The number of anilines is 6. The molecule has 0 atom stereocenters. The topological polar surface area (TPSA) is 6.48 Å². The smallest absolute Gasteiger partial charge is 0.252 e. The van der Waals surface area contributed by atoms with E-state index in [4.69, 9.17) is 0 Å². The molecule has 10 rings (SSSR count). The Labute approximate surface area is 270 Å². The fourth-order valence-electron chi connectivity index (χ4n) is 8.64. The molecule has 0 unspecified atom stereocenters. The molecule has 7 aromatic carbocycles. The van der Waals surface area contributed by atoms with Crippen LogP contribution in [-0.2, 0) is 0 Å². The summed E-state index contributed by atoms with van der Waals surface area (Å²) in [6, 6.07) is 65.8. The van der Waals surface area contributed by atoms with Crippen molar-refractivity contribution < 1.29 is 0 Å². The van der Waals surface area contributed by atoms with Crippen molar-refractivity contribution in [3.63, 3.8) is 0 Å². The summed E-state index contributed by atoms with van der Waals surface area (Å²) in [4.78, 5) is 5.06. The molecule has 0 fully saturated rings. The molecule has 3 heterocycles. The van der Waals surface area contributed by atoms with E-state index in [0.717, 1.165) is 0 Å². The highest BCUT2D eigenvalue weighted by molar-refractivity contribution is 7.22. The van der Waals surface area contributed by atoms with Crippen LogP contribution in [-0.4, -0.2) is 14.8 Å². The third kappa shape index (κ3) is 3.26. The highest BCUT2D eigenvalue weighted by atomic mass is 28.3. The number of nitrogens with zero attached hydrogens (tertiary/aromatic N) is 2. The summed E-state index contributed by atoms with van der Waals surface area (Å²) in [7, 11) is -2.70. The molecule has 46 heavy (non-hydrogen) atoms. The lowest BCUT2D eigenvalue weighted by Crippen LogP contribution is -2.79. The van der Waals surface area contributed by atoms with Gasteiger partial charge in [0.1, 0.15) is 0 Å². The van der Waals surface area contributed by atoms with Crippen LogP contribution in [0, 0.1) is 0 Å². The van der Waals surface area contributed by atoms with E-state index < -0.39 is 8.07 Å². The summed E-state index contributed by atoms with van der Waals surface area (Å²) >= 11 is 0. The van der Waals surface area contributed by atoms with Gasteiger partial charge >= 0.3 is 0 Å². The zero-order valence-electron chi connectivity index (χ0n) is 25.2. The van der Waals surface area contributed by atoms with Crippen molar-refractivity contribution in [3.05, 3.63) is 176 Å². The maximum Gasteiger partial charge on any atom is 0.252 e. The van der Waals surface area contributed by atoms with Crippen LogP contribution in [0.15, 0.2) is 176 Å². The molecule has 0 saturated heterocycles. The number of benzene rings is 7. The molecule has 7 aromatic rings. The van der Waals surface area contributed by atoms with Crippen LogP contribution in [0.2, 0.25) is 0 Å². The molecule has 0 N–H and O–H groups in total. The molecule has 4 heteroatoms. The van der Waals surface area contributed by atoms with E-state index in [1.807, 2.05) is 0 Å². The standard InChI is InChI=1S/C42H29BN2Si/c1-4-16-30(17-5-1)44-35-24-11-10-22-33(35)43-34-23-14-29-40-42(34)45(38-27-15-26-37(44)41(38)43)36-25-12-13-28-39(36)46(40,31-18-6-2-7-19-31)32-20-8-3-9-21-32/h1-29H. The highest BCUT2D eigenvalue weighted by Crippen LogP contribution is 2.44. The molecule has 0 amide bonds. The van der Waals surface area contributed by atoms with Gasteiger partial charge in [0.2, 0.25) is 0 Å². The summed E-state index contributed by atoms with van der Waals surface area (Å²) in [5.41, 5.74) is 11.7. The average Bonchev–Trinajstić information content (AvgIpc) is 3.14. The van der Waals surface area contributed by atoms with Crippen LogP contribution in [0.1, 0.15) is 0 Å². The number of fused-ring (bicyclic) bond motifs is 6.